The second-order valence-corrected chi connectivity index (χ2v) is 9.60. The first kappa shape index (κ1) is 25.3. The van der Waals surface area contributed by atoms with Crippen molar-refractivity contribution in [3.05, 3.63) is 35.5 Å². The van der Waals surface area contributed by atoms with E-state index in [0.717, 1.165) is 6.26 Å². The van der Waals surface area contributed by atoms with Gasteiger partial charge in [0.2, 0.25) is 21.7 Å². The maximum absolute atomic E-state index is 12.0. The van der Waals surface area contributed by atoms with Crippen LogP contribution in [0.25, 0.3) is 0 Å². The van der Waals surface area contributed by atoms with E-state index in [9.17, 15) is 8.42 Å². The largest absolute Gasteiger partial charge is 0.493 e. The monoisotopic (exact) mass is 537 g/mol. The Morgan fingerprint density at radius 1 is 1.00 bits per heavy atom. The molecule has 2 aromatic carbocycles. The molecular formula is C22H24ClN5O7S. The van der Waals surface area contributed by atoms with E-state index in [0.29, 0.717) is 41.0 Å². The maximum Gasteiger partial charge on any atom is 0.230 e. The smallest absolute Gasteiger partial charge is 0.230 e. The lowest BCUT2D eigenvalue weighted by Crippen LogP contribution is -2.19. The van der Waals surface area contributed by atoms with Gasteiger partial charge in [-0.05, 0) is 12.1 Å². The number of anilines is 5. The molecule has 3 N–H and O–H groups in total. The highest BCUT2D eigenvalue weighted by Crippen LogP contribution is 2.44. The van der Waals surface area contributed by atoms with Crippen molar-refractivity contribution in [1.82, 2.24) is 9.97 Å². The van der Waals surface area contributed by atoms with E-state index in [-0.39, 0.29) is 34.8 Å². The summed E-state index contributed by atoms with van der Waals surface area (Å²) in [7, 11) is 0.894. The van der Waals surface area contributed by atoms with E-state index in [1.165, 1.54) is 27.5 Å². The van der Waals surface area contributed by atoms with E-state index >= 15 is 0 Å². The van der Waals surface area contributed by atoms with Crippen molar-refractivity contribution in [2.24, 2.45) is 0 Å². The number of rotatable bonds is 9. The van der Waals surface area contributed by atoms with Crippen molar-refractivity contribution in [2.75, 3.05) is 56.2 Å². The molecule has 36 heavy (non-hydrogen) atoms. The lowest BCUT2D eigenvalue weighted by molar-refractivity contribution is 0.173. The highest BCUT2D eigenvalue weighted by atomic mass is 35.5. The Morgan fingerprint density at radius 2 is 1.69 bits per heavy atom. The Bertz CT molecular complexity index is 1360. The van der Waals surface area contributed by atoms with Gasteiger partial charge in [-0.1, -0.05) is 11.6 Å². The number of aromatic nitrogens is 2. The number of sulfonamides is 1. The van der Waals surface area contributed by atoms with Crippen LogP contribution >= 0.6 is 11.6 Å². The third-order valence-corrected chi connectivity index (χ3v) is 5.77. The molecule has 4 rings (SSSR count). The van der Waals surface area contributed by atoms with Gasteiger partial charge in [-0.2, -0.15) is 4.98 Å². The molecule has 0 radical (unpaired) electrons. The fraction of sp³-hybridized carbons (Fsp3) is 0.273. The Hall–Kier alpha value is -3.84. The zero-order valence-electron chi connectivity index (χ0n) is 19.8. The molecule has 2 heterocycles. The van der Waals surface area contributed by atoms with Crippen LogP contribution in [0.1, 0.15) is 0 Å². The van der Waals surface area contributed by atoms with Gasteiger partial charge in [0.1, 0.15) is 23.9 Å². The zero-order valence-corrected chi connectivity index (χ0v) is 21.4. The standard InChI is InChI=1S/C22H24ClN5O7S/c1-31-16-9-12(10-17(32-2)19(16)33-3)25-22-24-11-13(23)21(27-22)26-14-5-6-15-20(35-8-7-34-15)18(14)28-36(4,29)30/h5-6,9-11,28H,7-8H2,1-4H3,(H2,24,25,26,27). The van der Waals surface area contributed by atoms with E-state index in [4.69, 9.17) is 35.3 Å². The van der Waals surface area contributed by atoms with Crippen molar-refractivity contribution < 1.29 is 32.1 Å². The summed E-state index contributed by atoms with van der Waals surface area (Å²) in [6, 6.07) is 6.68. The van der Waals surface area contributed by atoms with E-state index < -0.39 is 10.0 Å². The van der Waals surface area contributed by atoms with Crippen LogP contribution in [0, 0.1) is 0 Å². The van der Waals surface area contributed by atoms with E-state index in [1.54, 1.807) is 24.3 Å². The predicted molar refractivity (Wildman–Crippen MR) is 136 cm³/mol. The van der Waals surface area contributed by atoms with Gasteiger partial charge in [-0.15, -0.1) is 0 Å². The van der Waals surface area contributed by atoms with Crippen molar-refractivity contribution in [1.29, 1.82) is 0 Å². The number of fused-ring (bicyclic) bond motifs is 1. The summed E-state index contributed by atoms with van der Waals surface area (Å²) >= 11 is 6.35. The summed E-state index contributed by atoms with van der Waals surface area (Å²) in [5.41, 5.74) is 1.09. The van der Waals surface area contributed by atoms with Crippen LogP contribution in [0.2, 0.25) is 5.02 Å². The average Bonchev–Trinajstić information content (AvgIpc) is 2.86. The zero-order chi connectivity index (χ0) is 25.9. The number of hydrogen-bond donors (Lipinski definition) is 3. The summed E-state index contributed by atoms with van der Waals surface area (Å²) in [5, 5.41) is 6.32. The minimum atomic E-state index is -3.64. The number of methoxy groups -OCH3 is 3. The molecule has 0 atom stereocenters. The van der Waals surface area contributed by atoms with E-state index in [2.05, 4.69) is 25.3 Å². The Kier molecular flexibility index (Phi) is 7.31. The number of ether oxygens (including phenoxy) is 5. The van der Waals surface area contributed by atoms with Crippen LogP contribution in [0.3, 0.4) is 0 Å². The summed E-state index contributed by atoms with van der Waals surface area (Å²) in [6.07, 6.45) is 2.44. The van der Waals surface area contributed by atoms with Gasteiger partial charge < -0.3 is 34.3 Å². The van der Waals surface area contributed by atoms with Crippen molar-refractivity contribution in [3.8, 4) is 28.7 Å². The molecular weight excluding hydrogens is 514 g/mol. The van der Waals surface area contributed by atoms with Crippen molar-refractivity contribution in [2.45, 2.75) is 0 Å². The molecule has 0 bridgehead atoms. The van der Waals surface area contributed by atoms with Crippen LogP contribution < -0.4 is 39.0 Å². The van der Waals surface area contributed by atoms with Crippen LogP contribution in [0.5, 0.6) is 28.7 Å². The summed E-state index contributed by atoms with van der Waals surface area (Å²) in [5.74, 6) is 2.42. The van der Waals surface area contributed by atoms with Crippen LogP contribution in [0.4, 0.5) is 28.8 Å². The number of halogens is 1. The number of benzene rings is 2. The normalized spacial score (nSPS) is 12.5. The number of hydrogen-bond acceptors (Lipinski definition) is 11. The van der Waals surface area contributed by atoms with Gasteiger partial charge >= 0.3 is 0 Å². The van der Waals surface area contributed by atoms with Gasteiger partial charge in [0.05, 0.1) is 39.5 Å². The molecule has 0 spiro atoms. The minimum Gasteiger partial charge on any atom is -0.493 e. The quantitative estimate of drug-likeness (QED) is 0.367. The van der Waals surface area contributed by atoms with Gasteiger partial charge in [-0.25, -0.2) is 13.4 Å². The molecule has 0 fully saturated rings. The minimum absolute atomic E-state index is 0.170. The first-order valence-corrected chi connectivity index (χ1v) is 12.8. The second-order valence-electron chi connectivity index (χ2n) is 7.44. The molecule has 0 saturated carbocycles. The lowest BCUT2D eigenvalue weighted by atomic mass is 10.2. The molecule has 12 nitrogen and oxygen atoms in total. The second kappa shape index (κ2) is 10.4. The molecule has 0 unspecified atom stereocenters. The third-order valence-electron chi connectivity index (χ3n) is 4.91. The van der Waals surface area contributed by atoms with Crippen molar-refractivity contribution in [3.63, 3.8) is 0 Å². The fourth-order valence-corrected chi connectivity index (χ4v) is 4.14. The topological polar surface area (TPSA) is 142 Å². The molecule has 1 aromatic heterocycles. The van der Waals surface area contributed by atoms with Crippen LogP contribution in [-0.2, 0) is 10.0 Å². The average molecular weight is 538 g/mol. The number of nitrogens with one attached hydrogen (secondary N) is 3. The Morgan fingerprint density at radius 3 is 2.33 bits per heavy atom. The summed E-state index contributed by atoms with van der Waals surface area (Å²) in [6.45, 7) is 0.623. The highest BCUT2D eigenvalue weighted by Gasteiger charge is 2.23. The summed E-state index contributed by atoms with van der Waals surface area (Å²) in [4.78, 5) is 8.66. The maximum atomic E-state index is 12.0. The Labute approximate surface area is 212 Å². The molecule has 1 aliphatic heterocycles. The molecule has 14 heteroatoms. The third kappa shape index (κ3) is 5.52. The highest BCUT2D eigenvalue weighted by molar-refractivity contribution is 7.92. The SMILES string of the molecule is COc1cc(Nc2ncc(Cl)c(Nc3ccc4c(c3NS(C)(=O)=O)OCCO4)n2)cc(OC)c1OC. The van der Waals surface area contributed by atoms with Gasteiger partial charge in [0.15, 0.2) is 28.8 Å². The Balaban J connectivity index is 1.68. The van der Waals surface area contributed by atoms with Gasteiger partial charge in [-0.3, -0.25) is 4.72 Å². The number of nitrogens with zero attached hydrogens (tertiary/aromatic N) is 2. The van der Waals surface area contributed by atoms with Crippen molar-refractivity contribution >= 4 is 50.5 Å². The van der Waals surface area contributed by atoms with Crippen LogP contribution in [0.15, 0.2) is 30.5 Å². The molecule has 0 aliphatic carbocycles. The first-order valence-electron chi connectivity index (χ1n) is 10.5. The molecule has 0 amide bonds. The molecule has 192 valence electrons. The molecule has 1 aliphatic rings. The van der Waals surface area contributed by atoms with Crippen LogP contribution in [-0.4, -0.2) is 59.2 Å². The molecule has 3 aromatic rings. The van der Waals surface area contributed by atoms with Gasteiger partial charge in [0.25, 0.3) is 0 Å². The first-order chi connectivity index (χ1) is 17.2. The predicted octanol–water partition coefficient (Wildman–Crippen LogP) is 3.79. The van der Waals surface area contributed by atoms with Gasteiger partial charge in [0, 0.05) is 17.8 Å². The lowest BCUT2D eigenvalue weighted by Gasteiger charge is -2.23. The summed E-state index contributed by atoms with van der Waals surface area (Å²) < 4.78 is 53.9. The van der Waals surface area contributed by atoms with E-state index in [1.807, 2.05) is 0 Å². The fourth-order valence-electron chi connectivity index (χ4n) is 3.43. The molecule has 0 saturated heterocycles.